The lowest BCUT2D eigenvalue weighted by Gasteiger charge is -2.08. The van der Waals surface area contributed by atoms with Crippen molar-refractivity contribution in [3.8, 4) is 11.4 Å². The maximum absolute atomic E-state index is 10.7. The number of hydrogen-bond donors (Lipinski definition) is 0. The van der Waals surface area contributed by atoms with Gasteiger partial charge in [0.1, 0.15) is 11.2 Å². The largest absolute Gasteiger partial charge is 0.302 e. The number of rotatable bonds is 6. The van der Waals surface area contributed by atoms with Crippen LogP contribution in [0.4, 0.5) is 5.69 Å². The molecule has 0 aliphatic carbocycles. The minimum atomic E-state index is -0.470. The Bertz CT molecular complexity index is 835. The van der Waals surface area contributed by atoms with E-state index in [1.54, 1.807) is 18.5 Å². The maximum atomic E-state index is 10.7. The van der Waals surface area contributed by atoms with Gasteiger partial charge in [0.2, 0.25) is 0 Å². The molecule has 3 aromatic heterocycles. The van der Waals surface area contributed by atoms with E-state index < -0.39 is 4.92 Å². The van der Waals surface area contributed by atoms with Crippen LogP contribution in [0.3, 0.4) is 0 Å². The van der Waals surface area contributed by atoms with Crippen molar-refractivity contribution in [2.45, 2.75) is 30.1 Å². The van der Waals surface area contributed by atoms with Gasteiger partial charge in [-0.1, -0.05) is 6.92 Å². The van der Waals surface area contributed by atoms with Gasteiger partial charge < -0.3 is 4.57 Å². The summed E-state index contributed by atoms with van der Waals surface area (Å²) < 4.78 is 2.02. The average Bonchev–Trinajstić information content (AvgIpc) is 2.99. The topological polar surface area (TPSA) is 99.6 Å². The Morgan fingerprint density at radius 3 is 2.62 bits per heavy atom. The van der Waals surface area contributed by atoms with Gasteiger partial charge in [-0.25, -0.2) is 4.98 Å². The second-order valence-corrected chi connectivity index (χ2v) is 5.90. The van der Waals surface area contributed by atoms with Crippen LogP contribution in [0.25, 0.3) is 11.4 Å². The van der Waals surface area contributed by atoms with Crippen LogP contribution in [0, 0.1) is 10.1 Å². The van der Waals surface area contributed by atoms with Crippen LogP contribution in [0.1, 0.15) is 13.3 Å². The van der Waals surface area contributed by atoms with E-state index in [0.29, 0.717) is 10.2 Å². The summed E-state index contributed by atoms with van der Waals surface area (Å²) in [7, 11) is 0. The van der Waals surface area contributed by atoms with Gasteiger partial charge in [-0.2, -0.15) is 0 Å². The molecule has 3 aromatic rings. The minimum absolute atomic E-state index is 0.0353. The predicted molar refractivity (Wildman–Crippen MR) is 88.6 cm³/mol. The van der Waals surface area contributed by atoms with Crippen LogP contribution in [0.2, 0.25) is 0 Å². The molecule has 0 saturated carbocycles. The Labute approximate surface area is 142 Å². The highest BCUT2D eigenvalue weighted by Crippen LogP contribution is 2.29. The third-order valence-electron chi connectivity index (χ3n) is 3.23. The summed E-state index contributed by atoms with van der Waals surface area (Å²) in [6.07, 6.45) is 5.60. The lowest BCUT2D eigenvalue weighted by molar-refractivity contribution is -0.385. The van der Waals surface area contributed by atoms with E-state index in [0.717, 1.165) is 24.4 Å². The molecule has 3 rings (SSSR count). The fraction of sp³-hybridized carbons (Fsp3) is 0.200. The summed E-state index contributed by atoms with van der Waals surface area (Å²) in [6, 6.07) is 6.81. The molecular formula is C15H14N6O2S. The second-order valence-electron chi connectivity index (χ2n) is 4.91. The second kappa shape index (κ2) is 7.18. The molecule has 24 heavy (non-hydrogen) atoms. The number of pyridine rings is 2. The van der Waals surface area contributed by atoms with Crippen molar-refractivity contribution in [1.29, 1.82) is 0 Å². The first kappa shape index (κ1) is 16.1. The van der Waals surface area contributed by atoms with Gasteiger partial charge in [-0.15, -0.1) is 10.2 Å². The summed E-state index contributed by atoms with van der Waals surface area (Å²) >= 11 is 1.33. The highest BCUT2D eigenvalue weighted by atomic mass is 32.2. The maximum Gasteiger partial charge on any atom is 0.287 e. The Morgan fingerprint density at radius 2 is 2.00 bits per heavy atom. The number of nitrogens with zero attached hydrogens (tertiary/aromatic N) is 6. The molecule has 0 saturated heterocycles. The van der Waals surface area contributed by atoms with Crippen LogP contribution < -0.4 is 0 Å². The average molecular weight is 342 g/mol. The van der Waals surface area contributed by atoms with E-state index in [1.807, 2.05) is 16.7 Å². The van der Waals surface area contributed by atoms with E-state index in [9.17, 15) is 10.1 Å². The van der Waals surface area contributed by atoms with Crippen molar-refractivity contribution < 1.29 is 4.92 Å². The Balaban J connectivity index is 1.90. The van der Waals surface area contributed by atoms with Crippen molar-refractivity contribution in [3.05, 3.63) is 53.0 Å². The highest BCUT2D eigenvalue weighted by molar-refractivity contribution is 7.99. The molecule has 122 valence electrons. The molecule has 0 radical (unpaired) electrons. The Hall–Kier alpha value is -2.81. The molecule has 0 unspecified atom stereocenters. The first-order valence-corrected chi connectivity index (χ1v) is 8.12. The van der Waals surface area contributed by atoms with E-state index in [1.165, 1.54) is 24.0 Å². The summed E-state index contributed by atoms with van der Waals surface area (Å²) in [4.78, 5) is 18.4. The number of hydrogen-bond acceptors (Lipinski definition) is 7. The van der Waals surface area contributed by atoms with E-state index in [-0.39, 0.29) is 5.69 Å². The Morgan fingerprint density at radius 1 is 1.21 bits per heavy atom. The van der Waals surface area contributed by atoms with Crippen LogP contribution in [-0.4, -0.2) is 29.7 Å². The molecule has 0 aliphatic rings. The third-order valence-corrected chi connectivity index (χ3v) is 4.17. The summed E-state index contributed by atoms with van der Waals surface area (Å²) in [6.45, 7) is 2.84. The molecule has 0 aliphatic heterocycles. The molecule has 0 bridgehead atoms. The molecule has 9 heteroatoms. The van der Waals surface area contributed by atoms with Gasteiger partial charge in [0.15, 0.2) is 11.0 Å². The van der Waals surface area contributed by atoms with Gasteiger partial charge in [0.05, 0.1) is 4.92 Å². The fourth-order valence-corrected chi connectivity index (χ4v) is 2.94. The number of nitro groups is 1. The van der Waals surface area contributed by atoms with Crippen LogP contribution in [0.5, 0.6) is 0 Å². The molecule has 0 atom stereocenters. The van der Waals surface area contributed by atoms with Gasteiger partial charge in [0.25, 0.3) is 5.69 Å². The Kier molecular flexibility index (Phi) is 4.80. The molecule has 0 aromatic carbocycles. The van der Waals surface area contributed by atoms with Gasteiger partial charge in [0, 0.05) is 30.6 Å². The zero-order chi connectivity index (χ0) is 16.9. The minimum Gasteiger partial charge on any atom is -0.302 e. The van der Waals surface area contributed by atoms with Crippen molar-refractivity contribution in [2.24, 2.45) is 0 Å². The highest BCUT2D eigenvalue weighted by Gasteiger charge is 2.15. The summed E-state index contributed by atoms with van der Waals surface area (Å²) in [5, 5.41) is 20.5. The number of aromatic nitrogens is 5. The summed E-state index contributed by atoms with van der Waals surface area (Å²) in [5.74, 6) is 0.767. The van der Waals surface area contributed by atoms with Crippen LogP contribution >= 0.6 is 11.8 Å². The van der Waals surface area contributed by atoms with E-state index >= 15 is 0 Å². The zero-order valence-corrected chi connectivity index (χ0v) is 13.7. The fourth-order valence-electron chi connectivity index (χ4n) is 2.14. The molecule has 0 N–H and O–H groups in total. The van der Waals surface area contributed by atoms with Crippen LogP contribution in [0.15, 0.2) is 53.0 Å². The zero-order valence-electron chi connectivity index (χ0n) is 12.9. The quantitative estimate of drug-likeness (QED) is 0.501. The first-order valence-electron chi connectivity index (χ1n) is 7.31. The van der Waals surface area contributed by atoms with E-state index in [2.05, 4.69) is 27.1 Å². The van der Waals surface area contributed by atoms with Crippen molar-refractivity contribution in [2.75, 3.05) is 0 Å². The molecular weight excluding hydrogens is 328 g/mol. The van der Waals surface area contributed by atoms with E-state index in [4.69, 9.17) is 0 Å². The van der Waals surface area contributed by atoms with Crippen molar-refractivity contribution >= 4 is 17.4 Å². The lowest BCUT2D eigenvalue weighted by Crippen LogP contribution is -2.02. The normalized spacial score (nSPS) is 10.7. The first-order chi connectivity index (χ1) is 11.7. The smallest absolute Gasteiger partial charge is 0.287 e. The molecule has 8 nitrogen and oxygen atoms in total. The van der Waals surface area contributed by atoms with Gasteiger partial charge >= 0.3 is 0 Å². The standard InChI is InChI=1S/C15H14N6O2S/c1-2-9-20-14(11-5-7-16-8-6-11)18-19-15(20)24-13-4-3-12(10-17-13)21(22)23/h3-8,10H,2,9H2,1H3. The molecule has 0 fully saturated rings. The SMILES string of the molecule is CCCn1c(Sc2ccc([N+](=O)[O-])cn2)nnc1-c1ccncc1. The lowest BCUT2D eigenvalue weighted by atomic mass is 10.2. The van der Waals surface area contributed by atoms with Crippen molar-refractivity contribution in [1.82, 2.24) is 24.7 Å². The van der Waals surface area contributed by atoms with Crippen LogP contribution in [-0.2, 0) is 6.54 Å². The predicted octanol–water partition coefficient (Wildman–Crippen LogP) is 3.20. The summed E-state index contributed by atoms with van der Waals surface area (Å²) in [5.41, 5.74) is 0.904. The molecule has 0 amide bonds. The monoisotopic (exact) mass is 342 g/mol. The van der Waals surface area contributed by atoms with Gasteiger partial charge in [-0.3, -0.25) is 15.1 Å². The molecule has 3 heterocycles. The molecule has 0 spiro atoms. The van der Waals surface area contributed by atoms with Gasteiger partial charge in [-0.05, 0) is 36.4 Å². The van der Waals surface area contributed by atoms with Crippen molar-refractivity contribution in [3.63, 3.8) is 0 Å². The third kappa shape index (κ3) is 3.40.